The van der Waals surface area contributed by atoms with Gasteiger partial charge in [0.1, 0.15) is 0 Å². The summed E-state index contributed by atoms with van der Waals surface area (Å²) in [6.07, 6.45) is 13.2. The predicted octanol–water partition coefficient (Wildman–Crippen LogP) is 12.7. The topological polar surface area (TPSA) is 112 Å². The Morgan fingerprint density at radius 1 is 0.441 bits per heavy atom. The summed E-state index contributed by atoms with van der Waals surface area (Å²) < 4.78 is 80.8. The molecule has 0 saturated carbocycles. The van der Waals surface area contributed by atoms with E-state index >= 15 is 0 Å². The molecule has 2 amide bonds. The van der Waals surface area contributed by atoms with Gasteiger partial charge in [-0.15, -0.1) is 0 Å². The van der Waals surface area contributed by atoms with E-state index in [0.717, 1.165) is 101 Å². The first-order valence-electron chi connectivity index (χ1n) is 24.0. The largest absolute Gasteiger partial charge is 0.488 e. The molecule has 4 aromatic carbocycles. The van der Waals surface area contributed by atoms with Gasteiger partial charge in [0.2, 0.25) is 0 Å². The second kappa shape index (κ2) is 28.6. The molecule has 0 atom stereocenters. The van der Waals surface area contributed by atoms with Crippen LogP contribution in [0.4, 0.5) is 27.2 Å². The smallest absolute Gasteiger partial charge is 0.407 e. The SMILES string of the molecule is CCCCCCNC(=O)OCCCCCCOc1c(F)cc(C#Cc2ccc3c(c2)C(=O)c2cc(C#Cc4cc(F)c(OCCCCCCOC(=O)NCCCCCC)c(F)c4)ccc2-3)cc1F. The average molecular weight is 939 g/mol. The molecule has 0 fully saturated rings. The molecular formula is C55H62F4N2O7. The van der Waals surface area contributed by atoms with Crippen molar-refractivity contribution in [2.45, 2.75) is 117 Å². The number of ether oxygens (including phenoxy) is 4. The van der Waals surface area contributed by atoms with Gasteiger partial charge in [-0.25, -0.2) is 27.2 Å². The summed E-state index contributed by atoms with van der Waals surface area (Å²) in [7, 11) is 0. The summed E-state index contributed by atoms with van der Waals surface area (Å²) in [5.74, 6) is 6.61. The summed E-state index contributed by atoms with van der Waals surface area (Å²) >= 11 is 0. The van der Waals surface area contributed by atoms with Gasteiger partial charge in [-0.2, -0.15) is 0 Å². The van der Waals surface area contributed by atoms with E-state index in [-0.39, 0.29) is 30.1 Å². The number of unbranched alkanes of at least 4 members (excludes halogenated alkanes) is 12. The van der Waals surface area contributed by atoms with Crippen LogP contribution in [0, 0.1) is 47.0 Å². The van der Waals surface area contributed by atoms with Crippen LogP contribution < -0.4 is 20.1 Å². The predicted molar refractivity (Wildman–Crippen MR) is 255 cm³/mol. The number of carbonyl (C=O) groups is 3. The molecule has 0 bridgehead atoms. The van der Waals surface area contributed by atoms with Crippen molar-refractivity contribution in [3.8, 4) is 46.3 Å². The lowest BCUT2D eigenvalue weighted by Crippen LogP contribution is -2.25. The molecule has 5 rings (SSSR count). The molecule has 0 heterocycles. The Morgan fingerprint density at radius 2 is 0.794 bits per heavy atom. The van der Waals surface area contributed by atoms with Crippen LogP contribution in [-0.4, -0.2) is 57.5 Å². The van der Waals surface area contributed by atoms with Gasteiger partial charge in [0, 0.05) is 46.5 Å². The van der Waals surface area contributed by atoms with E-state index in [9.17, 15) is 31.9 Å². The van der Waals surface area contributed by atoms with Gasteiger partial charge in [-0.3, -0.25) is 4.79 Å². The van der Waals surface area contributed by atoms with E-state index in [2.05, 4.69) is 48.2 Å². The number of hydrogen-bond acceptors (Lipinski definition) is 7. The standard InChI is InChI=1S/C55H62F4N2O7/c1-3-5-7-13-27-60-54(63)67-31-17-11-9-15-29-65-52-47(56)35-41(36-48(52)57)21-19-39-23-25-43-44-26-24-40(34-46(44)51(62)45(43)33-39)20-22-42-37-49(58)53(50(59)38-42)66-30-16-10-12-18-32-68-55(64)61-28-14-8-6-4-2/h23-26,33-38H,3-18,27-32H2,1-2H3,(H,60,63)(H,61,64). The number of halogens is 4. The van der Waals surface area contributed by atoms with Crippen molar-refractivity contribution < 1.29 is 50.9 Å². The number of alkyl carbamates (subject to hydrolysis) is 2. The number of hydrogen-bond donors (Lipinski definition) is 2. The zero-order chi connectivity index (χ0) is 48.5. The second-order valence-electron chi connectivity index (χ2n) is 16.7. The molecule has 1 aliphatic rings. The number of nitrogens with one attached hydrogen (secondary N) is 2. The highest BCUT2D eigenvalue weighted by atomic mass is 19.1. The van der Waals surface area contributed by atoms with Crippen LogP contribution in [0.1, 0.15) is 155 Å². The monoisotopic (exact) mass is 938 g/mol. The van der Waals surface area contributed by atoms with Crippen LogP contribution in [0.2, 0.25) is 0 Å². The minimum Gasteiger partial charge on any atom is -0.488 e. The highest BCUT2D eigenvalue weighted by Gasteiger charge is 2.27. The van der Waals surface area contributed by atoms with E-state index in [1.165, 1.54) is 0 Å². The number of rotatable bonds is 26. The quantitative estimate of drug-likeness (QED) is 0.0323. The lowest BCUT2D eigenvalue weighted by Gasteiger charge is -2.09. The van der Waals surface area contributed by atoms with Gasteiger partial charge in [0.25, 0.3) is 0 Å². The normalized spacial score (nSPS) is 11.1. The first-order valence-corrected chi connectivity index (χ1v) is 24.0. The van der Waals surface area contributed by atoms with Gasteiger partial charge >= 0.3 is 12.2 Å². The van der Waals surface area contributed by atoms with Gasteiger partial charge < -0.3 is 29.6 Å². The Morgan fingerprint density at radius 3 is 1.18 bits per heavy atom. The summed E-state index contributed by atoms with van der Waals surface area (Å²) in [6, 6.07) is 14.6. The van der Waals surface area contributed by atoms with Crippen LogP contribution in [0.15, 0.2) is 60.7 Å². The van der Waals surface area contributed by atoms with Crippen LogP contribution in [0.5, 0.6) is 11.5 Å². The molecule has 68 heavy (non-hydrogen) atoms. The van der Waals surface area contributed by atoms with E-state index in [1.54, 1.807) is 36.4 Å². The summed E-state index contributed by atoms with van der Waals surface area (Å²) in [4.78, 5) is 37.0. The molecule has 0 aliphatic heterocycles. The first-order chi connectivity index (χ1) is 33.1. The summed E-state index contributed by atoms with van der Waals surface area (Å²) in [5.41, 5.74) is 3.33. The molecular weight excluding hydrogens is 877 g/mol. The minimum atomic E-state index is -0.878. The van der Waals surface area contributed by atoms with Crippen LogP contribution in [0.3, 0.4) is 0 Å². The van der Waals surface area contributed by atoms with Crippen LogP contribution in [-0.2, 0) is 9.47 Å². The molecule has 2 N–H and O–H groups in total. The first kappa shape index (κ1) is 52.5. The Kier molecular flexibility index (Phi) is 22.1. The van der Waals surface area contributed by atoms with Crippen molar-refractivity contribution in [3.63, 3.8) is 0 Å². The number of carbonyl (C=O) groups excluding carboxylic acids is 3. The molecule has 362 valence electrons. The maximum atomic E-state index is 14.9. The number of amides is 2. The van der Waals surface area contributed by atoms with Crippen molar-refractivity contribution in [1.82, 2.24) is 10.6 Å². The van der Waals surface area contributed by atoms with Crippen molar-refractivity contribution >= 4 is 18.0 Å². The summed E-state index contributed by atoms with van der Waals surface area (Å²) in [6.45, 7) is 6.29. The van der Waals surface area contributed by atoms with Gasteiger partial charge in [0.15, 0.2) is 40.6 Å². The maximum Gasteiger partial charge on any atom is 0.407 e. The van der Waals surface area contributed by atoms with E-state index in [1.807, 2.05) is 0 Å². The molecule has 1 aliphatic carbocycles. The fourth-order valence-electron chi connectivity index (χ4n) is 7.44. The number of benzene rings is 4. The van der Waals surface area contributed by atoms with Gasteiger partial charge in [-0.05, 0) is 124 Å². The third-order valence-electron chi connectivity index (χ3n) is 11.2. The van der Waals surface area contributed by atoms with Crippen molar-refractivity contribution in [2.24, 2.45) is 0 Å². The third-order valence-corrected chi connectivity index (χ3v) is 11.2. The van der Waals surface area contributed by atoms with Crippen LogP contribution >= 0.6 is 0 Å². The van der Waals surface area contributed by atoms with Gasteiger partial charge in [-0.1, -0.05) is 88.2 Å². The lowest BCUT2D eigenvalue weighted by molar-refractivity contribution is 0.104. The molecule has 0 radical (unpaired) electrons. The van der Waals surface area contributed by atoms with Crippen molar-refractivity contribution in [2.75, 3.05) is 39.5 Å². The Labute approximate surface area is 398 Å². The van der Waals surface area contributed by atoms with Crippen LogP contribution in [0.25, 0.3) is 11.1 Å². The molecule has 0 unspecified atom stereocenters. The number of ketones is 1. The maximum absolute atomic E-state index is 14.9. The molecule has 13 heteroatoms. The van der Waals surface area contributed by atoms with Crippen molar-refractivity contribution in [3.05, 3.63) is 117 Å². The fraction of sp³-hybridized carbons (Fsp3) is 0.436. The zero-order valence-electron chi connectivity index (χ0n) is 39.2. The molecule has 0 aromatic heterocycles. The average Bonchev–Trinajstić information content (AvgIpc) is 3.60. The molecule has 0 saturated heterocycles. The van der Waals surface area contributed by atoms with E-state index < -0.39 is 47.0 Å². The summed E-state index contributed by atoms with van der Waals surface area (Å²) in [5, 5.41) is 5.48. The Bertz CT molecular complexity index is 2240. The molecule has 0 spiro atoms. The van der Waals surface area contributed by atoms with Crippen molar-refractivity contribution in [1.29, 1.82) is 0 Å². The highest BCUT2D eigenvalue weighted by Crippen LogP contribution is 2.37. The third kappa shape index (κ3) is 17.0. The Balaban J connectivity index is 1.04. The van der Waals surface area contributed by atoms with Gasteiger partial charge in [0.05, 0.1) is 26.4 Å². The zero-order valence-corrected chi connectivity index (χ0v) is 39.2. The highest BCUT2D eigenvalue weighted by molar-refractivity contribution is 6.22. The molecule has 4 aromatic rings. The minimum absolute atomic E-state index is 0.0958. The Hall–Kier alpha value is -6.47. The van der Waals surface area contributed by atoms with E-state index in [4.69, 9.17) is 18.9 Å². The van der Waals surface area contributed by atoms with E-state index in [0.29, 0.717) is 85.4 Å². The molecule has 9 nitrogen and oxygen atoms in total. The number of fused-ring (bicyclic) bond motifs is 3. The lowest BCUT2D eigenvalue weighted by atomic mass is 10.0. The second-order valence-corrected chi connectivity index (χ2v) is 16.7. The fourth-order valence-corrected chi connectivity index (χ4v) is 7.44.